The van der Waals surface area contributed by atoms with Gasteiger partial charge in [-0.3, -0.25) is 14.3 Å². The molecule has 0 saturated carbocycles. The molecule has 140 valence electrons. The van der Waals surface area contributed by atoms with Gasteiger partial charge in [-0.25, -0.2) is 0 Å². The summed E-state index contributed by atoms with van der Waals surface area (Å²) in [6.07, 6.45) is 0. The number of nitrogens with zero attached hydrogens (tertiary/aromatic N) is 3. The molecule has 0 aliphatic carbocycles. The zero-order chi connectivity index (χ0) is 19.4. The van der Waals surface area contributed by atoms with Crippen molar-refractivity contribution in [1.29, 1.82) is 0 Å². The highest BCUT2D eigenvalue weighted by Gasteiger charge is 2.25. The van der Waals surface area contributed by atoms with Crippen LogP contribution in [0.25, 0.3) is 0 Å². The molecule has 1 N–H and O–H groups in total. The molecule has 0 spiro atoms. The fraction of sp³-hybridized carbons (Fsp3) is 0.353. The molecule has 26 heavy (non-hydrogen) atoms. The average molecular weight is 382 g/mol. The van der Waals surface area contributed by atoms with Crippen LogP contribution in [0.3, 0.4) is 0 Å². The summed E-state index contributed by atoms with van der Waals surface area (Å²) in [6.45, 7) is 1.26. The highest BCUT2D eigenvalue weighted by atomic mass is 35.5. The lowest BCUT2D eigenvalue weighted by Gasteiger charge is -2.20. The number of benzene rings is 1. The van der Waals surface area contributed by atoms with Gasteiger partial charge < -0.3 is 19.5 Å². The Morgan fingerprint density at radius 2 is 1.81 bits per heavy atom. The van der Waals surface area contributed by atoms with Crippen LogP contribution in [0.4, 0.5) is 0 Å². The zero-order valence-electron chi connectivity index (χ0n) is 14.9. The predicted molar refractivity (Wildman–Crippen MR) is 94.9 cm³/mol. The van der Waals surface area contributed by atoms with Crippen LogP contribution in [0.1, 0.15) is 21.7 Å². The molecule has 2 rings (SSSR count). The summed E-state index contributed by atoms with van der Waals surface area (Å²) in [5.74, 6) is -0.637. The highest BCUT2D eigenvalue weighted by Crippen LogP contribution is 2.25. The lowest BCUT2D eigenvalue weighted by molar-refractivity contribution is -0.137. The van der Waals surface area contributed by atoms with Gasteiger partial charge in [0.1, 0.15) is 18.0 Å². The maximum Gasteiger partial charge on any atom is 0.323 e. The van der Waals surface area contributed by atoms with Crippen LogP contribution < -0.4 is 9.47 Å². The number of carboxylic acids is 1. The number of carbonyl (C=O) groups excluding carboxylic acids is 1. The first-order valence-corrected chi connectivity index (χ1v) is 8.06. The van der Waals surface area contributed by atoms with Gasteiger partial charge in [-0.05, 0) is 24.6 Å². The molecular weight excluding hydrogens is 362 g/mol. The van der Waals surface area contributed by atoms with Crippen molar-refractivity contribution in [3.8, 4) is 11.5 Å². The number of aromatic nitrogens is 2. The highest BCUT2D eigenvalue weighted by molar-refractivity contribution is 6.34. The minimum Gasteiger partial charge on any atom is -0.497 e. The topological polar surface area (TPSA) is 93.9 Å². The van der Waals surface area contributed by atoms with Gasteiger partial charge in [-0.15, -0.1) is 0 Å². The third-order valence-electron chi connectivity index (χ3n) is 3.86. The summed E-state index contributed by atoms with van der Waals surface area (Å²) in [4.78, 5) is 25.2. The number of hydrogen-bond donors (Lipinski definition) is 1. The Balaban J connectivity index is 2.37. The van der Waals surface area contributed by atoms with Gasteiger partial charge in [-0.2, -0.15) is 5.10 Å². The van der Waals surface area contributed by atoms with Crippen LogP contribution in [0.2, 0.25) is 5.02 Å². The molecule has 0 radical (unpaired) electrons. The third kappa shape index (κ3) is 4.26. The second kappa shape index (κ2) is 8.09. The first kappa shape index (κ1) is 19.6. The number of methoxy groups -OCH3 is 2. The van der Waals surface area contributed by atoms with Gasteiger partial charge in [0.05, 0.1) is 24.9 Å². The van der Waals surface area contributed by atoms with E-state index in [1.54, 1.807) is 32.2 Å². The predicted octanol–water partition coefficient (Wildman–Crippen LogP) is 2.13. The normalized spacial score (nSPS) is 10.5. The zero-order valence-corrected chi connectivity index (χ0v) is 15.7. The monoisotopic (exact) mass is 381 g/mol. The van der Waals surface area contributed by atoms with E-state index >= 15 is 0 Å². The number of aliphatic carboxylic acids is 1. The maximum atomic E-state index is 12.8. The van der Waals surface area contributed by atoms with Gasteiger partial charge in [0.2, 0.25) is 0 Å². The fourth-order valence-corrected chi connectivity index (χ4v) is 2.65. The summed E-state index contributed by atoms with van der Waals surface area (Å²) in [6, 6.07) is 5.09. The molecule has 9 heteroatoms. The fourth-order valence-electron chi connectivity index (χ4n) is 2.41. The van der Waals surface area contributed by atoms with Crippen LogP contribution >= 0.6 is 11.6 Å². The van der Waals surface area contributed by atoms with E-state index in [9.17, 15) is 14.7 Å². The molecule has 2 aromatic rings. The molecule has 8 nitrogen and oxygen atoms in total. The minimum absolute atomic E-state index is 0.0165. The summed E-state index contributed by atoms with van der Waals surface area (Å²) in [5.41, 5.74) is 1.29. The Bertz CT molecular complexity index is 812. The minimum atomic E-state index is -1.14. The number of rotatable bonds is 7. The standard InChI is InChI=1S/C17H20ClN3O5/c1-10-15(18)16(19-20(10)2)17(24)21(9-14(22)23)8-11-5-12(25-3)7-13(6-11)26-4/h5-7H,8-9H2,1-4H3,(H,22,23). The van der Waals surface area contributed by atoms with E-state index in [1.807, 2.05) is 0 Å². The molecule has 1 aromatic heterocycles. The summed E-state index contributed by atoms with van der Waals surface area (Å²) in [7, 11) is 4.68. The molecule has 1 aromatic carbocycles. The number of carboxylic acid groups (broad SMARTS) is 1. The third-order valence-corrected chi connectivity index (χ3v) is 4.31. The van der Waals surface area contributed by atoms with E-state index in [0.29, 0.717) is 22.8 Å². The number of amides is 1. The molecule has 1 heterocycles. The van der Waals surface area contributed by atoms with Crippen molar-refractivity contribution >= 4 is 23.5 Å². The van der Waals surface area contributed by atoms with Crippen LogP contribution in [0.15, 0.2) is 18.2 Å². The van der Waals surface area contributed by atoms with Crippen LogP contribution in [0, 0.1) is 6.92 Å². The Morgan fingerprint density at radius 3 is 2.23 bits per heavy atom. The first-order chi connectivity index (χ1) is 12.3. The van der Waals surface area contributed by atoms with Gasteiger partial charge >= 0.3 is 5.97 Å². The van der Waals surface area contributed by atoms with Crippen molar-refractivity contribution in [1.82, 2.24) is 14.7 Å². The molecule has 0 aliphatic heterocycles. The van der Waals surface area contributed by atoms with E-state index in [1.165, 1.54) is 18.9 Å². The molecule has 0 saturated heterocycles. The second-order valence-electron chi connectivity index (χ2n) is 5.65. The maximum absolute atomic E-state index is 12.8. The largest absolute Gasteiger partial charge is 0.497 e. The first-order valence-electron chi connectivity index (χ1n) is 7.69. The lowest BCUT2D eigenvalue weighted by atomic mass is 10.1. The van der Waals surface area contributed by atoms with Crippen molar-refractivity contribution in [3.63, 3.8) is 0 Å². The SMILES string of the molecule is COc1cc(CN(CC(=O)O)C(=O)c2nn(C)c(C)c2Cl)cc(OC)c1. The quantitative estimate of drug-likeness (QED) is 0.789. The van der Waals surface area contributed by atoms with Crippen molar-refractivity contribution < 1.29 is 24.2 Å². The summed E-state index contributed by atoms with van der Waals surface area (Å²) in [5, 5.41) is 13.5. The van der Waals surface area contributed by atoms with Crippen LogP contribution in [-0.4, -0.2) is 52.4 Å². The number of carbonyl (C=O) groups is 2. The molecule has 0 atom stereocenters. The average Bonchev–Trinajstić information content (AvgIpc) is 2.87. The van der Waals surface area contributed by atoms with Crippen molar-refractivity contribution in [2.24, 2.45) is 7.05 Å². The van der Waals surface area contributed by atoms with Gasteiger partial charge in [0, 0.05) is 19.7 Å². The number of aryl methyl sites for hydroxylation is 1. The van der Waals surface area contributed by atoms with Gasteiger partial charge in [0.15, 0.2) is 5.69 Å². The van der Waals surface area contributed by atoms with Crippen LogP contribution in [0.5, 0.6) is 11.5 Å². The number of ether oxygens (including phenoxy) is 2. The summed E-state index contributed by atoms with van der Waals surface area (Å²) < 4.78 is 11.9. The molecule has 0 fully saturated rings. The van der Waals surface area contributed by atoms with E-state index in [4.69, 9.17) is 21.1 Å². The van der Waals surface area contributed by atoms with Crippen LogP contribution in [-0.2, 0) is 18.4 Å². The molecular formula is C17H20ClN3O5. The molecule has 0 unspecified atom stereocenters. The van der Waals surface area contributed by atoms with Gasteiger partial charge in [-0.1, -0.05) is 11.6 Å². The molecule has 0 aliphatic rings. The number of hydrogen-bond acceptors (Lipinski definition) is 5. The summed E-state index contributed by atoms with van der Waals surface area (Å²) >= 11 is 6.17. The lowest BCUT2D eigenvalue weighted by Crippen LogP contribution is -2.35. The van der Waals surface area contributed by atoms with E-state index in [0.717, 1.165) is 4.90 Å². The Hall–Kier alpha value is -2.74. The van der Waals surface area contributed by atoms with E-state index in [-0.39, 0.29) is 17.3 Å². The second-order valence-corrected chi connectivity index (χ2v) is 6.03. The Labute approximate surface area is 155 Å². The molecule has 0 bridgehead atoms. The van der Waals surface area contributed by atoms with E-state index < -0.39 is 18.4 Å². The molecule has 1 amide bonds. The van der Waals surface area contributed by atoms with E-state index in [2.05, 4.69) is 5.10 Å². The van der Waals surface area contributed by atoms with Crippen molar-refractivity contribution in [2.45, 2.75) is 13.5 Å². The smallest absolute Gasteiger partial charge is 0.323 e. The van der Waals surface area contributed by atoms with Crippen molar-refractivity contribution in [2.75, 3.05) is 20.8 Å². The van der Waals surface area contributed by atoms with Crippen molar-refractivity contribution in [3.05, 3.63) is 40.2 Å². The number of halogens is 1. The van der Waals surface area contributed by atoms with Gasteiger partial charge in [0.25, 0.3) is 5.91 Å². The Morgan fingerprint density at radius 1 is 1.23 bits per heavy atom. The Kier molecular flexibility index (Phi) is 6.10.